The van der Waals surface area contributed by atoms with Gasteiger partial charge in [0.15, 0.2) is 5.75 Å². The summed E-state index contributed by atoms with van der Waals surface area (Å²) in [7, 11) is 0. The maximum Gasteiger partial charge on any atom is 0.164 e. The molecule has 0 bridgehead atoms. The molecule has 0 aliphatic rings. The van der Waals surface area contributed by atoms with Gasteiger partial charge in [-0.3, -0.25) is 0 Å². The Kier molecular flexibility index (Phi) is 3.76. The van der Waals surface area contributed by atoms with Crippen molar-refractivity contribution in [2.45, 2.75) is 20.0 Å². The van der Waals surface area contributed by atoms with Crippen molar-refractivity contribution in [2.24, 2.45) is 0 Å². The number of hydrogen-bond donors (Lipinski definition) is 0. The first-order valence-electron chi connectivity index (χ1n) is 6.81. The average molecular weight is 299 g/mol. The molecule has 0 atom stereocenters. The van der Waals surface area contributed by atoms with Gasteiger partial charge < -0.3 is 4.74 Å². The molecule has 0 saturated heterocycles. The topological polar surface area (TPSA) is 35.0 Å². The summed E-state index contributed by atoms with van der Waals surface area (Å²) in [4.78, 5) is 8.50. The second-order valence-electron chi connectivity index (χ2n) is 5.05. The lowest BCUT2D eigenvalue weighted by molar-refractivity contribution is 0.245. The van der Waals surface area contributed by atoms with E-state index in [4.69, 9.17) is 16.3 Å². The summed E-state index contributed by atoms with van der Waals surface area (Å²) in [6, 6.07) is 12.0. The molecule has 106 valence electrons. The lowest BCUT2D eigenvalue weighted by Gasteiger charge is -2.15. The van der Waals surface area contributed by atoms with Gasteiger partial charge in [-0.25, -0.2) is 9.97 Å². The van der Waals surface area contributed by atoms with Gasteiger partial charge in [-0.05, 0) is 31.0 Å². The van der Waals surface area contributed by atoms with Gasteiger partial charge in [0, 0.05) is 11.6 Å². The zero-order valence-corrected chi connectivity index (χ0v) is 12.6. The Bertz CT molecular complexity index is 772. The van der Waals surface area contributed by atoms with Gasteiger partial charge in [0.25, 0.3) is 0 Å². The van der Waals surface area contributed by atoms with E-state index in [9.17, 15) is 0 Å². The number of benzene rings is 2. The predicted molar refractivity (Wildman–Crippen MR) is 85.7 cm³/mol. The Morgan fingerprint density at radius 2 is 1.90 bits per heavy atom. The van der Waals surface area contributed by atoms with Crippen molar-refractivity contribution in [2.75, 3.05) is 0 Å². The number of hydrogen-bond acceptors (Lipinski definition) is 3. The molecule has 0 amide bonds. The van der Waals surface area contributed by atoms with E-state index in [0.717, 1.165) is 22.0 Å². The Hall–Kier alpha value is -2.13. The Labute approximate surface area is 128 Å². The van der Waals surface area contributed by atoms with E-state index in [0.29, 0.717) is 10.8 Å². The van der Waals surface area contributed by atoms with Crippen molar-refractivity contribution in [3.8, 4) is 16.9 Å². The van der Waals surface area contributed by atoms with E-state index in [1.165, 1.54) is 6.33 Å². The van der Waals surface area contributed by atoms with E-state index >= 15 is 0 Å². The zero-order chi connectivity index (χ0) is 14.8. The molecule has 0 fully saturated rings. The van der Waals surface area contributed by atoms with Gasteiger partial charge in [0.05, 0.1) is 11.1 Å². The fraction of sp³-hybridized carbons (Fsp3) is 0.176. The first-order chi connectivity index (χ1) is 10.2. The number of aromatic nitrogens is 2. The number of rotatable bonds is 3. The minimum absolute atomic E-state index is 0.0308. The second kappa shape index (κ2) is 5.70. The normalized spacial score (nSPS) is 11.0. The quantitative estimate of drug-likeness (QED) is 0.700. The maximum atomic E-state index is 6.42. The van der Waals surface area contributed by atoms with Gasteiger partial charge >= 0.3 is 0 Å². The van der Waals surface area contributed by atoms with Gasteiger partial charge in [-0.2, -0.15) is 0 Å². The van der Waals surface area contributed by atoms with Crippen LogP contribution in [0.5, 0.6) is 5.75 Å². The van der Waals surface area contributed by atoms with Crippen LogP contribution in [0.15, 0.2) is 48.9 Å². The summed E-state index contributed by atoms with van der Waals surface area (Å²) in [6.45, 7) is 3.93. The summed E-state index contributed by atoms with van der Waals surface area (Å²) in [5, 5.41) is 1.50. The van der Waals surface area contributed by atoms with Crippen molar-refractivity contribution in [1.82, 2.24) is 9.97 Å². The van der Waals surface area contributed by atoms with Crippen LogP contribution in [-0.4, -0.2) is 16.1 Å². The van der Waals surface area contributed by atoms with Crippen LogP contribution >= 0.6 is 11.6 Å². The molecule has 2 aromatic carbocycles. The SMILES string of the molecule is CC(C)Oc1c(Cl)cc(-c2ccccc2)c2cncnc12. The minimum atomic E-state index is 0.0308. The molecule has 21 heavy (non-hydrogen) atoms. The van der Waals surface area contributed by atoms with Gasteiger partial charge in [0.2, 0.25) is 0 Å². The molecule has 3 rings (SSSR count). The standard InChI is InChI=1S/C17H15ClN2O/c1-11(2)21-17-15(18)8-13(12-6-4-3-5-7-12)14-9-19-10-20-16(14)17/h3-11H,1-2H3. The molecule has 3 aromatic rings. The highest BCUT2D eigenvalue weighted by Crippen LogP contribution is 2.39. The third-order valence-electron chi connectivity index (χ3n) is 3.14. The summed E-state index contributed by atoms with van der Waals surface area (Å²) in [5.74, 6) is 0.615. The first kappa shape index (κ1) is 13.8. The van der Waals surface area contributed by atoms with Gasteiger partial charge in [-0.15, -0.1) is 0 Å². The third-order valence-corrected chi connectivity index (χ3v) is 3.42. The summed E-state index contributed by atoms with van der Waals surface area (Å²) in [5.41, 5.74) is 2.83. The highest BCUT2D eigenvalue weighted by molar-refractivity contribution is 6.33. The molecular weight excluding hydrogens is 284 g/mol. The average Bonchev–Trinajstić information content (AvgIpc) is 2.50. The number of halogens is 1. The van der Waals surface area contributed by atoms with Crippen LogP contribution in [0.1, 0.15) is 13.8 Å². The molecular formula is C17H15ClN2O. The van der Waals surface area contributed by atoms with Crippen LogP contribution in [-0.2, 0) is 0 Å². The molecule has 3 nitrogen and oxygen atoms in total. The van der Waals surface area contributed by atoms with Crippen molar-refractivity contribution in [3.05, 3.63) is 53.9 Å². The van der Waals surface area contributed by atoms with E-state index in [-0.39, 0.29) is 6.10 Å². The Morgan fingerprint density at radius 3 is 2.62 bits per heavy atom. The monoisotopic (exact) mass is 298 g/mol. The van der Waals surface area contributed by atoms with Crippen molar-refractivity contribution >= 4 is 22.5 Å². The predicted octanol–water partition coefficient (Wildman–Crippen LogP) is 4.74. The molecule has 1 aromatic heterocycles. The first-order valence-corrected chi connectivity index (χ1v) is 7.19. The number of fused-ring (bicyclic) bond motifs is 1. The number of nitrogens with zero attached hydrogens (tertiary/aromatic N) is 2. The van der Waals surface area contributed by atoms with Crippen molar-refractivity contribution in [3.63, 3.8) is 0 Å². The molecule has 0 radical (unpaired) electrons. The summed E-state index contributed by atoms with van der Waals surface area (Å²) < 4.78 is 5.83. The molecule has 0 spiro atoms. The van der Waals surface area contributed by atoms with E-state index in [1.54, 1.807) is 6.20 Å². The molecule has 0 saturated carbocycles. The van der Waals surface area contributed by atoms with Crippen LogP contribution in [0, 0.1) is 0 Å². The van der Waals surface area contributed by atoms with E-state index in [2.05, 4.69) is 9.97 Å². The lowest BCUT2D eigenvalue weighted by Crippen LogP contribution is -2.07. The van der Waals surface area contributed by atoms with Crippen molar-refractivity contribution < 1.29 is 4.74 Å². The van der Waals surface area contributed by atoms with E-state index in [1.807, 2.05) is 50.2 Å². The molecule has 0 aliphatic heterocycles. The lowest BCUT2D eigenvalue weighted by atomic mass is 10.0. The van der Waals surface area contributed by atoms with Crippen LogP contribution in [0.25, 0.3) is 22.0 Å². The smallest absolute Gasteiger partial charge is 0.164 e. The third kappa shape index (κ3) is 2.69. The highest BCUT2D eigenvalue weighted by Gasteiger charge is 2.15. The molecule has 4 heteroatoms. The van der Waals surface area contributed by atoms with Crippen LogP contribution in [0.4, 0.5) is 0 Å². The summed E-state index contributed by atoms with van der Waals surface area (Å²) >= 11 is 6.42. The van der Waals surface area contributed by atoms with Crippen LogP contribution < -0.4 is 4.74 Å². The molecule has 0 aliphatic carbocycles. The van der Waals surface area contributed by atoms with Crippen LogP contribution in [0.2, 0.25) is 5.02 Å². The van der Waals surface area contributed by atoms with E-state index < -0.39 is 0 Å². The van der Waals surface area contributed by atoms with Crippen LogP contribution in [0.3, 0.4) is 0 Å². The zero-order valence-electron chi connectivity index (χ0n) is 11.9. The fourth-order valence-electron chi connectivity index (χ4n) is 2.30. The Morgan fingerprint density at radius 1 is 1.14 bits per heavy atom. The van der Waals surface area contributed by atoms with Gasteiger partial charge in [0.1, 0.15) is 11.8 Å². The Balaban J connectivity index is 2.29. The molecule has 0 unspecified atom stereocenters. The minimum Gasteiger partial charge on any atom is -0.487 e. The largest absolute Gasteiger partial charge is 0.487 e. The molecule has 1 heterocycles. The van der Waals surface area contributed by atoms with Crippen molar-refractivity contribution in [1.29, 1.82) is 0 Å². The highest BCUT2D eigenvalue weighted by atomic mass is 35.5. The maximum absolute atomic E-state index is 6.42. The molecule has 0 N–H and O–H groups in total. The summed E-state index contributed by atoms with van der Waals surface area (Å²) in [6.07, 6.45) is 3.35. The number of ether oxygens (including phenoxy) is 1. The van der Waals surface area contributed by atoms with Gasteiger partial charge in [-0.1, -0.05) is 41.9 Å². The second-order valence-corrected chi connectivity index (χ2v) is 5.46. The fourth-order valence-corrected chi connectivity index (χ4v) is 2.54.